The molecule has 0 saturated heterocycles. The van der Waals surface area contributed by atoms with Gasteiger partial charge in [-0.15, -0.1) is 0 Å². The van der Waals surface area contributed by atoms with Gasteiger partial charge in [0.05, 0.1) is 6.61 Å². The molecule has 0 aliphatic rings. The van der Waals surface area contributed by atoms with Crippen LogP contribution in [0.2, 0.25) is 0 Å². The molecule has 0 aromatic heterocycles. The average molecular weight is 284 g/mol. The Bertz CT molecular complexity index is 476. The summed E-state index contributed by atoms with van der Waals surface area (Å²) in [6, 6.07) is 8.67. The monoisotopic (exact) mass is 284 g/mol. The average Bonchev–Trinajstić information content (AvgIpc) is 2.17. The first-order valence-corrected chi connectivity index (χ1v) is 6.89. The first kappa shape index (κ1) is 16.0. The number of thiol groups is 1. The molecule has 17 heavy (non-hydrogen) atoms. The van der Waals surface area contributed by atoms with Crippen LogP contribution in [-0.4, -0.2) is 37.7 Å². The van der Waals surface area contributed by atoms with Crippen LogP contribution in [0.25, 0.3) is 0 Å². The van der Waals surface area contributed by atoms with E-state index in [4.69, 9.17) is 22.6 Å². The lowest BCUT2D eigenvalue weighted by molar-refractivity contribution is 0.293. The maximum Gasteiger partial charge on any atom is 0.394 e. The van der Waals surface area contributed by atoms with Crippen molar-refractivity contribution in [2.75, 3.05) is 6.61 Å². The molecule has 0 bridgehead atoms. The zero-order valence-electron chi connectivity index (χ0n) is 8.50. The minimum atomic E-state index is -4.67. The number of aliphatic hydroxyl groups is 1. The Hall–Kier alpha value is -1.00. The van der Waals surface area contributed by atoms with E-state index in [9.17, 15) is 8.42 Å². The van der Waals surface area contributed by atoms with Gasteiger partial charge in [0, 0.05) is 0 Å². The van der Waals surface area contributed by atoms with Gasteiger partial charge in [0.2, 0.25) is 0 Å². The molecule has 0 aliphatic heterocycles. The zero-order valence-corrected chi connectivity index (χ0v) is 10.2. The summed E-state index contributed by atoms with van der Waals surface area (Å²) in [6.45, 7) is -0.358. The topological polar surface area (TPSA) is 129 Å². The van der Waals surface area contributed by atoms with Crippen LogP contribution < -0.4 is 0 Å². The van der Waals surface area contributed by atoms with E-state index in [0.29, 0.717) is 5.56 Å². The van der Waals surface area contributed by atoms with E-state index in [1.165, 1.54) is 0 Å². The van der Waals surface area contributed by atoms with Crippen molar-refractivity contribution in [1.29, 1.82) is 0 Å². The van der Waals surface area contributed by atoms with Crippen molar-refractivity contribution in [3.8, 4) is 0 Å². The second-order valence-corrected chi connectivity index (χ2v) is 4.93. The predicted octanol–water partition coefficient (Wildman–Crippen LogP) is -0.321. The van der Waals surface area contributed by atoms with E-state index >= 15 is 0 Å². The second kappa shape index (κ2) is 7.35. The van der Waals surface area contributed by atoms with Crippen molar-refractivity contribution in [3.05, 3.63) is 35.9 Å². The summed E-state index contributed by atoms with van der Waals surface area (Å²) in [5, 5.41) is 8.00. The molecule has 1 rings (SSSR count). The van der Waals surface area contributed by atoms with Gasteiger partial charge in [0.1, 0.15) is 16.0 Å². The lowest BCUT2D eigenvalue weighted by atomic mass is 10.2. The van der Waals surface area contributed by atoms with Gasteiger partial charge in [-0.05, 0) is 5.56 Å². The van der Waals surface area contributed by atoms with E-state index < -0.39 is 26.4 Å². The molecule has 1 aromatic rings. The number of rotatable bonds is 3. The summed E-state index contributed by atoms with van der Waals surface area (Å²) >= 11 is 0. The van der Waals surface area contributed by atoms with Crippen molar-refractivity contribution >= 4 is 21.1 Å². The number of benzene rings is 1. The maximum atomic E-state index is 10.6. The number of hydrogen-bond acceptors (Lipinski definition) is 5. The summed E-state index contributed by atoms with van der Waals surface area (Å²) in [7, 11) is -7.26. The molecule has 1 unspecified atom stereocenters. The molecule has 9 heteroatoms. The van der Waals surface area contributed by atoms with Crippen LogP contribution in [0.5, 0.6) is 0 Å². The molecule has 3 N–H and O–H groups in total. The van der Waals surface area contributed by atoms with Gasteiger partial charge < -0.3 is 5.11 Å². The summed E-state index contributed by atoms with van der Waals surface area (Å²) in [6.07, 6.45) is 0. The summed E-state index contributed by atoms with van der Waals surface area (Å²) in [5.41, 5.74) is 0.635. The highest BCUT2D eigenvalue weighted by Gasteiger charge is 2.11. The lowest BCUT2D eigenvalue weighted by Gasteiger charge is -2.05. The third-order valence-corrected chi connectivity index (χ3v) is 2.58. The molecule has 1 aromatic carbocycles. The van der Waals surface area contributed by atoms with E-state index in [1.807, 2.05) is 0 Å². The van der Waals surface area contributed by atoms with Crippen LogP contribution in [0.4, 0.5) is 0 Å². The molecule has 0 saturated carbocycles. The van der Waals surface area contributed by atoms with Gasteiger partial charge in [-0.25, -0.2) is 8.42 Å². The first-order valence-electron chi connectivity index (χ1n) is 4.25. The molecule has 98 valence electrons. The van der Waals surface area contributed by atoms with Crippen LogP contribution >= 0.6 is 0 Å². The fraction of sp³-hybridized carbons (Fsp3) is 0.250. The summed E-state index contributed by atoms with van der Waals surface area (Å²) in [5.74, 6) is 0. The smallest absolute Gasteiger partial charge is 0.394 e. The van der Waals surface area contributed by atoms with Gasteiger partial charge in [-0.1, -0.05) is 30.3 Å². The van der Waals surface area contributed by atoms with Crippen molar-refractivity contribution in [1.82, 2.24) is 0 Å². The maximum absolute atomic E-state index is 10.6. The van der Waals surface area contributed by atoms with Crippen LogP contribution in [-0.2, 0) is 21.1 Å². The molecule has 7 nitrogen and oxygen atoms in total. The molecule has 0 aliphatic carbocycles. The Labute approximate surface area is 100 Å². The summed E-state index contributed by atoms with van der Waals surface area (Å²) < 4.78 is 52.8. The van der Waals surface area contributed by atoms with Crippen LogP contribution in [0.1, 0.15) is 10.8 Å². The highest BCUT2D eigenvalue weighted by Crippen LogP contribution is 2.14. The van der Waals surface area contributed by atoms with Crippen molar-refractivity contribution < 1.29 is 31.0 Å². The molecule has 0 spiro atoms. The van der Waals surface area contributed by atoms with Crippen LogP contribution in [0.3, 0.4) is 0 Å². The Morgan fingerprint density at radius 1 is 1.12 bits per heavy atom. The highest BCUT2D eigenvalue weighted by molar-refractivity contribution is 7.79. The van der Waals surface area contributed by atoms with E-state index in [1.54, 1.807) is 30.3 Å². The third kappa shape index (κ3) is 8.77. The van der Waals surface area contributed by atoms with Gasteiger partial charge in [0.25, 0.3) is 0 Å². The quantitative estimate of drug-likeness (QED) is 0.442. The standard InChI is InChI=1S/C8H10O3S.H2O4S/c9-6-8(12(10)11)7-4-2-1-3-5-7;1-5(2,3)4/h1-5,8-9,12H,6H2;(H2,1,2,3,4). The Balaban J connectivity index is 0.000000437. The van der Waals surface area contributed by atoms with Gasteiger partial charge in [-0.2, -0.15) is 8.42 Å². The van der Waals surface area contributed by atoms with E-state index in [-0.39, 0.29) is 6.61 Å². The minimum Gasteiger partial charge on any atom is -0.395 e. The molecule has 0 radical (unpaired) electrons. The predicted molar refractivity (Wildman–Crippen MR) is 60.8 cm³/mol. The minimum absolute atomic E-state index is 0.358. The molecule has 0 fully saturated rings. The molecular weight excluding hydrogens is 272 g/mol. The normalized spacial score (nSPS) is 12.7. The van der Waals surface area contributed by atoms with E-state index in [2.05, 4.69) is 0 Å². The zero-order chi connectivity index (χ0) is 13.5. The molecular formula is C8H12O7S2. The Morgan fingerprint density at radius 2 is 1.53 bits per heavy atom. The molecule has 0 heterocycles. The summed E-state index contributed by atoms with van der Waals surface area (Å²) in [4.78, 5) is 0. The fourth-order valence-corrected chi connectivity index (χ4v) is 1.52. The van der Waals surface area contributed by atoms with Crippen molar-refractivity contribution in [2.45, 2.75) is 5.25 Å². The number of aliphatic hydroxyl groups excluding tert-OH is 1. The van der Waals surface area contributed by atoms with Gasteiger partial charge in [-0.3, -0.25) is 9.11 Å². The number of hydrogen-bond donors (Lipinski definition) is 4. The van der Waals surface area contributed by atoms with Crippen LogP contribution in [0, 0.1) is 0 Å². The first-order chi connectivity index (χ1) is 7.75. The largest absolute Gasteiger partial charge is 0.395 e. The van der Waals surface area contributed by atoms with Crippen molar-refractivity contribution in [2.24, 2.45) is 0 Å². The van der Waals surface area contributed by atoms with E-state index in [0.717, 1.165) is 0 Å². The van der Waals surface area contributed by atoms with Gasteiger partial charge in [0.15, 0.2) is 0 Å². The second-order valence-electron chi connectivity index (χ2n) is 2.84. The molecule has 0 amide bonds. The molecule has 1 atom stereocenters. The fourth-order valence-electron chi connectivity index (χ4n) is 0.969. The van der Waals surface area contributed by atoms with Crippen molar-refractivity contribution in [3.63, 3.8) is 0 Å². The Kier molecular flexibility index (Phi) is 6.92. The third-order valence-electron chi connectivity index (χ3n) is 1.61. The Morgan fingerprint density at radius 3 is 1.82 bits per heavy atom. The highest BCUT2D eigenvalue weighted by atomic mass is 32.3. The lowest BCUT2D eigenvalue weighted by Crippen LogP contribution is -2.05. The van der Waals surface area contributed by atoms with Crippen LogP contribution in [0.15, 0.2) is 30.3 Å². The van der Waals surface area contributed by atoms with Gasteiger partial charge >= 0.3 is 10.4 Å². The SMILES string of the molecule is O=S(=O)(O)O.O=[SH](=O)C(CO)c1ccccc1.